The van der Waals surface area contributed by atoms with Gasteiger partial charge in [-0.3, -0.25) is 0 Å². The van der Waals surface area contributed by atoms with Crippen LogP contribution in [0.3, 0.4) is 0 Å². The normalized spacial score (nSPS) is 19.5. The van der Waals surface area contributed by atoms with E-state index in [0.717, 1.165) is 53.6 Å². The van der Waals surface area contributed by atoms with Gasteiger partial charge in [0.2, 0.25) is 12.7 Å². The van der Waals surface area contributed by atoms with Gasteiger partial charge in [-0.15, -0.1) is 0 Å². The van der Waals surface area contributed by atoms with Gasteiger partial charge < -0.3 is 23.7 Å². The molecule has 0 N–H and O–H groups in total. The van der Waals surface area contributed by atoms with E-state index < -0.39 is 0 Å². The van der Waals surface area contributed by atoms with Crippen LogP contribution in [0.4, 0.5) is 10.3 Å². The fraction of sp³-hybridized carbons (Fsp3) is 0.296. The smallest absolute Gasteiger partial charge is 0.231 e. The van der Waals surface area contributed by atoms with Crippen molar-refractivity contribution in [3.05, 3.63) is 78.1 Å². The first-order valence-electron chi connectivity index (χ1n) is 11.6. The van der Waals surface area contributed by atoms with E-state index in [1.807, 2.05) is 48.5 Å². The van der Waals surface area contributed by atoms with Gasteiger partial charge in [0.05, 0.1) is 17.6 Å². The van der Waals surface area contributed by atoms with Crippen LogP contribution in [-0.2, 0) is 7.05 Å². The standard InChI is InChI=1S/C27H26FN3O3/c1-30-24-5-3-2-4-23(24)29-27(30)31-13-12-22(18-6-8-20(28)9-7-18)19(15-31)16-32-21-10-11-25-26(14-21)34-17-33-25/h2-11,14,19,22H,12-13,15-17H2,1H3. The Bertz CT molecular complexity index is 1320. The zero-order valence-electron chi connectivity index (χ0n) is 19.0. The molecule has 6 rings (SSSR count). The highest BCUT2D eigenvalue weighted by Crippen LogP contribution is 2.38. The van der Waals surface area contributed by atoms with Gasteiger partial charge in [-0.05, 0) is 54.3 Å². The van der Waals surface area contributed by atoms with Gasteiger partial charge >= 0.3 is 0 Å². The average molecular weight is 460 g/mol. The number of piperidine rings is 1. The first-order valence-corrected chi connectivity index (χ1v) is 11.6. The maximum atomic E-state index is 13.6. The van der Waals surface area contributed by atoms with Gasteiger partial charge in [0.15, 0.2) is 11.5 Å². The molecule has 3 aromatic carbocycles. The van der Waals surface area contributed by atoms with Gasteiger partial charge in [0.25, 0.3) is 0 Å². The minimum Gasteiger partial charge on any atom is -0.493 e. The van der Waals surface area contributed by atoms with Gasteiger partial charge in [-0.25, -0.2) is 9.37 Å². The maximum absolute atomic E-state index is 13.6. The highest BCUT2D eigenvalue weighted by Gasteiger charge is 2.33. The highest BCUT2D eigenvalue weighted by atomic mass is 19.1. The molecular formula is C27H26FN3O3. The molecule has 1 aromatic heterocycles. The van der Waals surface area contributed by atoms with Gasteiger partial charge in [-0.2, -0.15) is 0 Å². The van der Waals surface area contributed by atoms with Crippen molar-refractivity contribution >= 4 is 17.0 Å². The minimum absolute atomic E-state index is 0.199. The summed E-state index contributed by atoms with van der Waals surface area (Å²) in [5.74, 6) is 3.41. The fourth-order valence-corrected chi connectivity index (χ4v) is 5.12. The van der Waals surface area contributed by atoms with E-state index in [2.05, 4.69) is 22.6 Å². The van der Waals surface area contributed by atoms with Crippen LogP contribution >= 0.6 is 0 Å². The van der Waals surface area contributed by atoms with Crippen molar-refractivity contribution < 1.29 is 18.6 Å². The van der Waals surface area contributed by atoms with Crippen LogP contribution in [0.15, 0.2) is 66.7 Å². The number of rotatable bonds is 5. The molecule has 1 fully saturated rings. The van der Waals surface area contributed by atoms with Gasteiger partial charge in [0, 0.05) is 32.1 Å². The Hall–Kier alpha value is -3.74. The third-order valence-electron chi connectivity index (χ3n) is 6.89. The first kappa shape index (κ1) is 20.8. The number of benzene rings is 3. The Morgan fingerprint density at radius 2 is 1.85 bits per heavy atom. The predicted molar refractivity (Wildman–Crippen MR) is 128 cm³/mol. The molecule has 0 spiro atoms. The zero-order chi connectivity index (χ0) is 23.1. The number of aromatic nitrogens is 2. The molecule has 2 atom stereocenters. The summed E-state index contributed by atoms with van der Waals surface area (Å²) in [6.07, 6.45) is 0.935. The summed E-state index contributed by atoms with van der Waals surface area (Å²) in [5, 5.41) is 0. The summed E-state index contributed by atoms with van der Waals surface area (Å²) in [6.45, 7) is 2.44. The van der Waals surface area contributed by atoms with Crippen molar-refractivity contribution in [2.24, 2.45) is 13.0 Å². The molecule has 3 heterocycles. The van der Waals surface area contributed by atoms with Crippen LogP contribution in [0, 0.1) is 11.7 Å². The monoisotopic (exact) mass is 459 g/mol. The van der Waals surface area contributed by atoms with Crippen LogP contribution < -0.4 is 19.1 Å². The highest BCUT2D eigenvalue weighted by molar-refractivity contribution is 5.78. The summed E-state index contributed by atoms with van der Waals surface area (Å²) < 4.78 is 32.9. The number of anilines is 1. The predicted octanol–water partition coefficient (Wildman–Crippen LogP) is 5.13. The van der Waals surface area contributed by atoms with E-state index in [9.17, 15) is 4.39 Å². The number of hydrogen-bond donors (Lipinski definition) is 0. The molecule has 34 heavy (non-hydrogen) atoms. The van der Waals surface area contributed by atoms with E-state index in [4.69, 9.17) is 19.2 Å². The third kappa shape index (κ3) is 3.81. The number of halogens is 1. The van der Waals surface area contributed by atoms with Crippen LogP contribution in [0.5, 0.6) is 17.2 Å². The van der Waals surface area contributed by atoms with Crippen molar-refractivity contribution in [3.63, 3.8) is 0 Å². The average Bonchev–Trinajstić information content (AvgIpc) is 3.47. The molecule has 1 saturated heterocycles. The Kier molecular flexibility index (Phi) is 5.24. The molecule has 7 heteroatoms. The van der Waals surface area contributed by atoms with E-state index in [-0.39, 0.29) is 24.4 Å². The molecule has 0 amide bonds. The molecule has 0 saturated carbocycles. The van der Waals surface area contributed by atoms with Crippen molar-refractivity contribution in [2.45, 2.75) is 12.3 Å². The Labute approximate surface area is 197 Å². The molecule has 0 bridgehead atoms. The quantitative estimate of drug-likeness (QED) is 0.414. The second-order valence-electron chi connectivity index (χ2n) is 8.94. The van der Waals surface area contributed by atoms with Crippen molar-refractivity contribution in [1.82, 2.24) is 9.55 Å². The second-order valence-corrected chi connectivity index (χ2v) is 8.94. The number of ether oxygens (including phenoxy) is 3. The topological polar surface area (TPSA) is 48.8 Å². The maximum Gasteiger partial charge on any atom is 0.231 e. The molecule has 0 aliphatic carbocycles. The van der Waals surface area contributed by atoms with Crippen molar-refractivity contribution in [2.75, 3.05) is 31.4 Å². The Morgan fingerprint density at radius 1 is 1.03 bits per heavy atom. The number of hydrogen-bond acceptors (Lipinski definition) is 5. The minimum atomic E-state index is -0.214. The summed E-state index contributed by atoms with van der Waals surface area (Å²) >= 11 is 0. The lowest BCUT2D eigenvalue weighted by molar-refractivity contribution is 0.173. The van der Waals surface area contributed by atoms with Crippen molar-refractivity contribution in [1.29, 1.82) is 0 Å². The first-order chi connectivity index (χ1) is 16.7. The lowest BCUT2D eigenvalue weighted by atomic mass is 9.81. The van der Waals surface area contributed by atoms with Crippen LogP contribution in [0.2, 0.25) is 0 Å². The molecule has 174 valence electrons. The van der Waals surface area contributed by atoms with Crippen LogP contribution in [0.1, 0.15) is 17.9 Å². The SMILES string of the molecule is Cn1c(N2CCC(c3ccc(F)cc3)C(COc3ccc4c(c3)OCO4)C2)nc2ccccc21. The van der Waals surface area contributed by atoms with Crippen molar-refractivity contribution in [3.8, 4) is 17.2 Å². The molecule has 2 aliphatic rings. The molecule has 6 nitrogen and oxygen atoms in total. The van der Waals surface area contributed by atoms with Crippen LogP contribution in [-0.4, -0.2) is 36.0 Å². The van der Waals surface area contributed by atoms with E-state index in [1.165, 1.54) is 0 Å². The Balaban J connectivity index is 1.26. The molecule has 2 aliphatic heterocycles. The third-order valence-corrected chi connectivity index (χ3v) is 6.89. The Morgan fingerprint density at radius 3 is 2.71 bits per heavy atom. The molecule has 4 aromatic rings. The summed E-state index contributed by atoms with van der Waals surface area (Å²) in [6, 6.07) is 20.7. The lowest BCUT2D eigenvalue weighted by Gasteiger charge is -2.39. The zero-order valence-corrected chi connectivity index (χ0v) is 19.0. The van der Waals surface area contributed by atoms with Gasteiger partial charge in [0.1, 0.15) is 11.6 Å². The number of nitrogens with zero attached hydrogens (tertiary/aromatic N) is 3. The lowest BCUT2D eigenvalue weighted by Crippen LogP contribution is -2.43. The molecular weight excluding hydrogens is 433 g/mol. The van der Waals surface area contributed by atoms with E-state index in [0.29, 0.717) is 12.4 Å². The largest absolute Gasteiger partial charge is 0.493 e. The summed E-state index contributed by atoms with van der Waals surface area (Å²) in [4.78, 5) is 7.25. The van der Waals surface area contributed by atoms with Crippen LogP contribution in [0.25, 0.3) is 11.0 Å². The van der Waals surface area contributed by atoms with Gasteiger partial charge in [-0.1, -0.05) is 24.3 Å². The molecule has 2 unspecified atom stereocenters. The summed E-state index contributed by atoms with van der Waals surface area (Å²) in [7, 11) is 2.06. The second kappa shape index (κ2) is 8.56. The molecule has 0 radical (unpaired) electrons. The van der Waals surface area contributed by atoms with E-state index in [1.54, 1.807) is 12.1 Å². The number of aryl methyl sites for hydroxylation is 1. The number of fused-ring (bicyclic) bond motifs is 2. The number of para-hydroxylation sites is 2. The van der Waals surface area contributed by atoms with E-state index >= 15 is 0 Å². The fourth-order valence-electron chi connectivity index (χ4n) is 5.12. The number of imidazole rings is 1. The summed E-state index contributed by atoms with van der Waals surface area (Å²) in [5.41, 5.74) is 3.26.